The number of nitriles is 1. The average molecular weight is 900 g/mol. The predicted octanol–water partition coefficient (Wildman–Crippen LogP) is 8.51. The van der Waals surface area contributed by atoms with Crippen molar-refractivity contribution in [3.05, 3.63) is 147 Å². The molecule has 6 heterocycles. The summed E-state index contributed by atoms with van der Waals surface area (Å²) in [6, 6.07) is 28.2. The third kappa shape index (κ3) is 9.06. The molecule has 1 saturated heterocycles. The number of pyridine rings is 1. The van der Waals surface area contributed by atoms with Gasteiger partial charge in [0, 0.05) is 99.1 Å². The topological polar surface area (TPSA) is 146 Å². The van der Waals surface area contributed by atoms with Crippen LogP contribution in [0.15, 0.2) is 91.1 Å². The van der Waals surface area contributed by atoms with Gasteiger partial charge in [0.25, 0.3) is 11.8 Å². The smallest absolute Gasteiger partial charge is 0.264 e. The van der Waals surface area contributed by atoms with Crippen LogP contribution in [0.25, 0.3) is 11.3 Å². The van der Waals surface area contributed by atoms with Gasteiger partial charge in [-0.1, -0.05) is 30.3 Å². The Labute approximate surface area is 391 Å². The highest BCUT2D eigenvalue weighted by molar-refractivity contribution is 6.13. The zero-order chi connectivity index (χ0) is 46.9. The van der Waals surface area contributed by atoms with Crippen LogP contribution < -0.4 is 9.64 Å². The average Bonchev–Trinajstić information content (AvgIpc) is 3.80. The highest BCUT2D eigenvalue weighted by atomic mass is 16.5. The molecule has 3 amide bonds. The largest absolute Gasteiger partial charge is 0.508 e. The van der Waals surface area contributed by atoms with Crippen molar-refractivity contribution >= 4 is 29.1 Å². The molecule has 0 aliphatic carbocycles. The fourth-order valence-electron chi connectivity index (χ4n) is 9.85. The number of phenolic OH excluding ortho intramolecular Hbond substituents is 1. The lowest BCUT2D eigenvalue weighted by atomic mass is 9.89. The van der Waals surface area contributed by atoms with Gasteiger partial charge in [0.15, 0.2) is 0 Å². The van der Waals surface area contributed by atoms with Crippen molar-refractivity contribution in [3.63, 3.8) is 0 Å². The molecule has 344 valence electrons. The van der Waals surface area contributed by atoms with Crippen molar-refractivity contribution in [1.29, 1.82) is 5.26 Å². The van der Waals surface area contributed by atoms with Gasteiger partial charge in [0.05, 0.1) is 24.3 Å². The second-order valence-corrected chi connectivity index (χ2v) is 18.3. The Morgan fingerprint density at radius 3 is 2.36 bits per heavy atom. The molecule has 1 N–H and O–H groups in total. The molecule has 13 nitrogen and oxygen atoms in total. The molecule has 3 aliphatic heterocycles. The summed E-state index contributed by atoms with van der Waals surface area (Å²) < 4.78 is 15.1. The molecular formula is C54H57N7O6. The van der Waals surface area contributed by atoms with Crippen LogP contribution >= 0.6 is 0 Å². The third-order valence-electron chi connectivity index (χ3n) is 14.2. The molecule has 3 aromatic carbocycles. The van der Waals surface area contributed by atoms with Crippen LogP contribution in [0.1, 0.15) is 91.8 Å². The second kappa shape index (κ2) is 19.0. The molecule has 3 aromatic heterocycles. The summed E-state index contributed by atoms with van der Waals surface area (Å²) in [7, 11) is 3.69. The van der Waals surface area contributed by atoms with Gasteiger partial charge in [-0.2, -0.15) is 5.26 Å². The van der Waals surface area contributed by atoms with Gasteiger partial charge in [-0.3, -0.25) is 19.3 Å². The first-order chi connectivity index (χ1) is 32.4. The lowest BCUT2D eigenvalue weighted by molar-refractivity contribution is -0.131. The molecule has 67 heavy (non-hydrogen) atoms. The number of fused-ring (bicyclic) bond motifs is 2. The SMILES string of the molecule is Cc1c(N(C(=O)c2cc(-c3cc4c(cc3C(=O)N3Cc5ccccc5C[C@H]3C)CN(C(=O)Cc3ccc(OCCC5CCOCC5)nc3)CC4)n(C)c2C)c2ccc(O)cc2)cc(C#N)n1C. The number of hydrogen-bond acceptors (Lipinski definition) is 8. The molecule has 0 bridgehead atoms. The van der Waals surface area contributed by atoms with Crippen molar-refractivity contribution in [2.45, 2.75) is 78.4 Å². The molecule has 13 heteroatoms. The maximum Gasteiger partial charge on any atom is 0.264 e. The maximum atomic E-state index is 15.2. The van der Waals surface area contributed by atoms with Gasteiger partial charge < -0.3 is 33.5 Å². The van der Waals surface area contributed by atoms with Crippen molar-refractivity contribution in [2.75, 3.05) is 31.3 Å². The summed E-state index contributed by atoms with van der Waals surface area (Å²) in [5.41, 5.74) is 10.3. The van der Waals surface area contributed by atoms with Gasteiger partial charge in [-0.05, 0) is 135 Å². The third-order valence-corrected chi connectivity index (χ3v) is 14.2. The zero-order valence-electron chi connectivity index (χ0n) is 38.9. The molecule has 0 unspecified atom stereocenters. The fraction of sp³-hybridized carbons (Fsp3) is 0.352. The summed E-state index contributed by atoms with van der Waals surface area (Å²) in [6.45, 7) is 9.38. The van der Waals surface area contributed by atoms with E-state index in [9.17, 15) is 15.2 Å². The zero-order valence-corrected chi connectivity index (χ0v) is 38.9. The van der Waals surface area contributed by atoms with Gasteiger partial charge in [0.2, 0.25) is 11.8 Å². The lowest BCUT2D eigenvalue weighted by Crippen LogP contribution is -2.43. The van der Waals surface area contributed by atoms with Gasteiger partial charge >= 0.3 is 0 Å². The van der Waals surface area contributed by atoms with Crippen molar-refractivity contribution < 1.29 is 29.0 Å². The van der Waals surface area contributed by atoms with E-state index in [-0.39, 0.29) is 35.9 Å². The summed E-state index contributed by atoms with van der Waals surface area (Å²) in [5.74, 6) is 0.755. The lowest BCUT2D eigenvalue weighted by Gasteiger charge is -2.36. The van der Waals surface area contributed by atoms with Crippen LogP contribution in [0, 0.1) is 31.1 Å². The minimum atomic E-state index is -0.326. The van der Waals surface area contributed by atoms with E-state index in [2.05, 4.69) is 36.2 Å². The summed E-state index contributed by atoms with van der Waals surface area (Å²) in [5, 5.41) is 20.1. The van der Waals surface area contributed by atoms with Crippen molar-refractivity contribution in [1.82, 2.24) is 23.9 Å². The Bertz CT molecular complexity index is 2880. The van der Waals surface area contributed by atoms with E-state index in [1.165, 1.54) is 17.7 Å². The molecule has 0 radical (unpaired) electrons. The quantitative estimate of drug-likeness (QED) is 0.136. The first-order valence-electron chi connectivity index (χ1n) is 23.2. The van der Waals surface area contributed by atoms with Crippen LogP contribution in [0.2, 0.25) is 0 Å². The Morgan fingerprint density at radius 1 is 0.881 bits per heavy atom. The fourth-order valence-corrected chi connectivity index (χ4v) is 9.85. The number of hydrogen-bond donors (Lipinski definition) is 1. The first kappa shape index (κ1) is 45.0. The highest BCUT2D eigenvalue weighted by Gasteiger charge is 2.34. The molecule has 1 atom stereocenters. The molecule has 0 saturated carbocycles. The predicted molar refractivity (Wildman–Crippen MR) is 255 cm³/mol. The molecule has 0 spiro atoms. The van der Waals surface area contributed by atoms with Crippen LogP contribution in [-0.4, -0.2) is 79.2 Å². The highest BCUT2D eigenvalue weighted by Crippen LogP contribution is 2.38. The number of benzene rings is 3. The number of ether oxygens (including phenoxy) is 2. The minimum Gasteiger partial charge on any atom is -0.508 e. The van der Waals surface area contributed by atoms with E-state index < -0.39 is 0 Å². The second-order valence-electron chi connectivity index (χ2n) is 18.3. The van der Waals surface area contributed by atoms with Gasteiger partial charge in [-0.25, -0.2) is 4.98 Å². The number of nitrogens with zero attached hydrogens (tertiary/aromatic N) is 7. The van der Waals surface area contributed by atoms with E-state index in [0.29, 0.717) is 89.6 Å². The number of anilines is 2. The molecule has 3 aliphatic rings. The molecule has 9 rings (SSSR count). The molecular weight excluding hydrogens is 843 g/mol. The Kier molecular flexibility index (Phi) is 12.7. The van der Waals surface area contributed by atoms with Crippen LogP contribution in [-0.2, 0) is 56.0 Å². The van der Waals surface area contributed by atoms with Crippen LogP contribution in [0.3, 0.4) is 0 Å². The van der Waals surface area contributed by atoms with Crippen LogP contribution in [0.5, 0.6) is 11.6 Å². The maximum absolute atomic E-state index is 15.2. The number of carbonyl (C=O) groups is 3. The number of carbonyl (C=O) groups excluding carboxylic acids is 3. The van der Waals surface area contributed by atoms with Crippen LogP contribution in [0.4, 0.5) is 11.4 Å². The monoisotopic (exact) mass is 899 g/mol. The van der Waals surface area contributed by atoms with E-state index in [1.807, 2.05) is 71.7 Å². The normalized spacial score (nSPS) is 16.0. The Hall–Kier alpha value is -7.17. The minimum absolute atomic E-state index is 0.0196. The summed E-state index contributed by atoms with van der Waals surface area (Å²) in [6.07, 6.45) is 6.32. The van der Waals surface area contributed by atoms with E-state index in [4.69, 9.17) is 9.47 Å². The van der Waals surface area contributed by atoms with E-state index >= 15 is 9.59 Å². The molecule has 1 fully saturated rings. The number of aromatic hydroxyl groups is 1. The first-order valence-corrected chi connectivity index (χ1v) is 23.2. The van der Waals surface area contributed by atoms with E-state index in [0.717, 1.165) is 66.8 Å². The van der Waals surface area contributed by atoms with Gasteiger partial charge in [0.1, 0.15) is 17.5 Å². The number of aromatic nitrogens is 3. The Morgan fingerprint density at radius 2 is 1.64 bits per heavy atom. The number of amides is 3. The summed E-state index contributed by atoms with van der Waals surface area (Å²) >= 11 is 0. The van der Waals surface area contributed by atoms with Crippen molar-refractivity contribution in [3.8, 4) is 29.0 Å². The number of rotatable bonds is 11. The standard InChI is InChI=1S/C54H57N7O6/c1-34-24-39-8-6-7-9-41(39)33-60(34)53(64)48-27-42-32-59(52(63)25-38-10-15-51(56-31-38)67-23-19-37-17-21-66-22-18-37)20-16-40(42)26-47(48)50-29-46(35(2)58(50)5)54(65)61(43-11-13-45(62)14-12-43)49-28-44(30-55)57(4)36(49)3/h6-15,26-29,31,34,37,62H,16-25,32-33H2,1-5H3/t34-/m1/s1. The Balaban J connectivity index is 1.03. The van der Waals surface area contributed by atoms with Crippen molar-refractivity contribution in [2.24, 2.45) is 20.0 Å². The molecule has 6 aromatic rings. The van der Waals surface area contributed by atoms with Gasteiger partial charge in [-0.15, -0.1) is 0 Å². The van der Waals surface area contributed by atoms with E-state index in [1.54, 1.807) is 40.9 Å². The summed E-state index contributed by atoms with van der Waals surface area (Å²) in [4.78, 5) is 54.0. The number of phenols is 1.